The molecule has 0 atom stereocenters. The second kappa shape index (κ2) is 5.56. The van der Waals surface area contributed by atoms with E-state index in [2.05, 4.69) is 15.0 Å². The summed E-state index contributed by atoms with van der Waals surface area (Å²) < 4.78 is 1.37. The number of hydrogen-bond donors (Lipinski definition) is 3. The summed E-state index contributed by atoms with van der Waals surface area (Å²) in [6, 6.07) is 9.77. The maximum Gasteiger partial charge on any atom is 0.333 e. The molecule has 0 aliphatic heterocycles. The number of carbonyl (C=O) groups is 1. The van der Waals surface area contributed by atoms with E-state index in [9.17, 15) is 14.7 Å². The van der Waals surface area contributed by atoms with Gasteiger partial charge in [-0.15, -0.1) is 11.3 Å². The Bertz CT molecular complexity index is 1140. The van der Waals surface area contributed by atoms with Crippen LogP contribution < -0.4 is 11.4 Å². The van der Waals surface area contributed by atoms with Crippen molar-refractivity contribution in [3.63, 3.8) is 0 Å². The highest BCUT2D eigenvalue weighted by Gasteiger charge is 2.20. The van der Waals surface area contributed by atoms with Crippen molar-refractivity contribution in [2.75, 3.05) is 0 Å². The van der Waals surface area contributed by atoms with Crippen LogP contribution in [0.15, 0.2) is 46.6 Å². The van der Waals surface area contributed by atoms with Gasteiger partial charge < -0.3 is 15.8 Å². The van der Waals surface area contributed by atoms with E-state index < -0.39 is 11.6 Å². The number of amides is 1. The Labute approximate surface area is 144 Å². The molecule has 0 radical (unpaired) electrons. The highest BCUT2D eigenvalue weighted by atomic mass is 32.1. The van der Waals surface area contributed by atoms with Crippen LogP contribution in [0.3, 0.4) is 0 Å². The fourth-order valence-corrected chi connectivity index (χ4v) is 3.23. The van der Waals surface area contributed by atoms with Crippen molar-refractivity contribution in [1.82, 2.24) is 19.5 Å². The largest absolute Gasteiger partial charge is 0.508 e. The highest BCUT2D eigenvalue weighted by Crippen LogP contribution is 2.24. The maximum atomic E-state index is 12.4. The molecule has 4 N–H and O–H groups in total. The number of nitrogens with one attached hydrogen (secondary N) is 1. The number of H-pyrrole nitrogens is 1. The summed E-state index contributed by atoms with van der Waals surface area (Å²) in [5, 5.41) is 11.9. The summed E-state index contributed by atoms with van der Waals surface area (Å²) in [5.41, 5.74) is 5.96. The molecule has 0 saturated heterocycles. The van der Waals surface area contributed by atoms with E-state index in [0.717, 1.165) is 0 Å². The number of phenolic OH excluding ortho intramolecular Hbond substituents is 1. The number of primary amides is 1. The summed E-state index contributed by atoms with van der Waals surface area (Å²) in [5.74, 6) is -0.449. The Morgan fingerprint density at radius 3 is 2.60 bits per heavy atom. The molecule has 3 heterocycles. The van der Waals surface area contributed by atoms with E-state index in [1.807, 2.05) is 11.4 Å². The zero-order valence-electron chi connectivity index (χ0n) is 12.6. The molecule has 0 aliphatic rings. The number of imidazole rings is 1. The van der Waals surface area contributed by atoms with Crippen molar-refractivity contribution in [2.24, 2.45) is 5.73 Å². The Morgan fingerprint density at radius 2 is 1.96 bits per heavy atom. The molecule has 0 bridgehead atoms. The molecule has 8 nitrogen and oxygen atoms in total. The highest BCUT2D eigenvalue weighted by molar-refractivity contribution is 7.12. The number of aromatic hydroxyl groups is 1. The molecule has 1 aromatic carbocycles. The van der Waals surface area contributed by atoms with Crippen molar-refractivity contribution in [3.05, 3.63) is 58.0 Å². The number of aromatic amines is 1. The summed E-state index contributed by atoms with van der Waals surface area (Å²) in [6.07, 6.45) is 0. The number of benzene rings is 1. The molecule has 4 rings (SSSR count). The zero-order valence-corrected chi connectivity index (χ0v) is 13.4. The van der Waals surface area contributed by atoms with E-state index in [4.69, 9.17) is 5.73 Å². The fourth-order valence-electron chi connectivity index (χ4n) is 2.50. The van der Waals surface area contributed by atoms with Crippen LogP contribution >= 0.6 is 11.3 Å². The number of fused-ring (bicyclic) bond motifs is 1. The molecule has 0 saturated carbocycles. The first kappa shape index (κ1) is 15.1. The van der Waals surface area contributed by atoms with Crippen LogP contribution in [0, 0.1) is 0 Å². The number of carbonyl (C=O) groups excluding carboxylic acids is 1. The Hall–Kier alpha value is -3.46. The summed E-state index contributed by atoms with van der Waals surface area (Å²) >= 11 is 1.36. The predicted octanol–water partition coefficient (Wildman–Crippen LogP) is 1.64. The lowest BCUT2D eigenvalue weighted by Crippen LogP contribution is -2.15. The van der Waals surface area contributed by atoms with Gasteiger partial charge in [0.2, 0.25) is 0 Å². The number of thiophene rings is 1. The normalized spacial score (nSPS) is 11.0. The van der Waals surface area contributed by atoms with Gasteiger partial charge in [-0.1, -0.05) is 0 Å². The molecule has 4 aromatic rings. The number of nitrogens with two attached hydrogens (primary N) is 1. The third kappa shape index (κ3) is 2.46. The van der Waals surface area contributed by atoms with Crippen LogP contribution in [0.5, 0.6) is 5.75 Å². The minimum Gasteiger partial charge on any atom is -0.508 e. The van der Waals surface area contributed by atoms with Crippen molar-refractivity contribution in [3.8, 4) is 22.1 Å². The van der Waals surface area contributed by atoms with Crippen LogP contribution in [0.25, 0.3) is 27.6 Å². The number of rotatable bonds is 3. The van der Waals surface area contributed by atoms with Crippen LogP contribution in [0.1, 0.15) is 10.5 Å². The zero-order chi connectivity index (χ0) is 17.6. The lowest BCUT2D eigenvalue weighted by Gasteiger charge is -2.05. The van der Waals surface area contributed by atoms with Crippen molar-refractivity contribution in [2.45, 2.75) is 0 Å². The van der Waals surface area contributed by atoms with Gasteiger partial charge in [0.15, 0.2) is 17.2 Å². The van der Waals surface area contributed by atoms with Crippen molar-refractivity contribution in [1.29, 1.82) is 0 Å². The fraction of sp³-hybridized carbons (Fsp3) is 0. The van der Waals surface area contributed by atoms with Gasteiger partial charge in [0.1, 0.15) is 16.3 Å². The van der Waals surface area contributed by atoms with Crippen molar-refractivity contribution >= 4 is 28.4 Å². The van der Waals surface area contributed by atoms with Gasteiger partial charge in [-0.2, -0.15) is 0 Å². The lowest BCUT2D eigenvalue weighted by atomic mass is 10.2. The van der Waals surface area contributed by atoms with Gasteiger partial charge in [-0.3, -0.25) is 4.79 Å². The summed E-state index contributed by atoms with van der Waals surface area (Å²) in [4.78, 5) is 35.4. The van der Waals surface area contributed by atoms with Crippen molar-refractivity contribution < 1.29 is 9.90 Å². The Kier molecular flexibility index (Phi) is 3.36. The molecular formula is C16H11N5O3S. The molecule has 0 spiro atoms. The number of hydrogen-bond acceptors (Lipinski definition) is 6. The molecule has 124 valence electrons. The average Bonchev–Trinajstić information content (AvgIpc) is 3.20. The maximum absolute atomic E-state index is 12.4. The molecule has 1 amide bonds. The van der Waals surface area contributed by atoms with E-state index >= 15 is 0 Å². The minimum absolute atomic E-state index is 0.0690. The number of aromatic nitrogens is 4. The van der Waals surface area contributed by atoms with Crippen LogP contribution in [-0.2, 0) is 0 Å². The second-order valence-electron chi connectivity index (χ2n) is 5.22. The van der Waals surface area contributed by atoms with Crippen LogP contribution in [0.2, 0.25) is 0 Å². The monoisotopic (exact) mass is 353 g/mol. The van der Waals surface area contributed by atoms with Gasteiger partial charge in [0, 0.05) is 5.56 Å². The first-order valence-corrected chi connectivity index (χ1v) is 8.08. The topological polar surface area (TPSA) is 127 Å². The Morgan fingerprint density at radius 1 is 1.20 bits per heavy atom. The molecule has 25 heavy (non-hydrogen) atoms. The third-order valence-corrected chi connectivity index (χ3v) is 4.48. The summed E-state index contributed by atoms with van der Waals surface area (Å²) in [6.45, 7) is 0. The van der Waals surface area contributed by atoms with Gasteiger partial charge in [-0.05, 0) is 41.8 Å². The van der Waals surface area contributed by atoms with Crippen LogP contribution in [0.4, 0.5) is 0 Å². The molecule has 9 heteroatoms. The predicted molar refractivity (Wildman–Crippen MR) is 93.0 cm³/mol. The number of nitrogens with zero attached hydrogens (tertiary/aromatic N) is 3. The van der Waals surface area contributed by atoms with E-state index in [1.165, 1.54) is 28.0 Å². The molecular weight excluding hydrogens is 342 g/mol. The smallest absolute Gasteiger partial charge is 0.333 e. The SMILES string of the molecule is NC(=O)c1nc(-c2ccc(O)cc2)nc2c1[nH]c(=O)n2-c1cccs1. The van der Waals surface area contributed by atoms with E-state index in [0.29, 0.717) is 10.6 Å². The van der Waals surface area contributed by atoms with Gasteiger partial charge >= 0.3 is 5.69 Å². The lowest BCUT2D eigenvalue weighted by molar-refractivity contribution is 0.0997. The van der Waals surface area contributed by atoms with Crippen LogP contribution in [-0.4, -0.2) is 30.5 Å². The Balaban J connectivity index is 2.06. The standard InChI is InChI=1S/C16H11N5O3S/c17-13(23)11-12-15(21(16(24)19-12)10-2-1-7-25-10)20-14(18-11)8-3-5-9(22)6-4-8/h1-7,22H,(H2,17,23)(H,19,24). The molecule has 0 aliphatic carbocycles. The average molecular weight is 353 g/mol. The minimum atomic E-state index is -0.771. The summed E-state index contributed by atoms with van der Waals surface area (Å²) in [7, 11) is 0. The first-order valence-electron chi connectivity index (χ1n) is 7.20. The molecule has 0 fully saturated rings. The van der Waals surface area contributed by atoms with Gasteiger partial charge in [0.25, 0.3) is 5.91 Å². The van der Waals surface area contributed by atoms with Gasteiger partial charge in [0.05, 0.1) is 0 Å². The first-order chi connectivity index (χ1) is 12.0. The van der Waals surface area contributed by atoms with E-state index in [1.54, 1.807) is 18.2 Å². The third-order valence-electron chi connectivity index (χ3n) is 3.62. The second-order valence-corrected chi connectivity index (χ2v) is 6.15. The number of phenols is 1. The molecule has 0 unspecified atom stereocenters. The quantitative estimate of drug-likeness (QED) is 0.516. The van der Waals surface area contributed by atoms with E-state index in [-0.39, 0.29) is 28.4 Å². The molecule has 3 aromatic heterocycles. The van der Waals surface area contributed by atoms with Gasteiger partial charge in [-0.25, -0.2) is 19.3 Å².